The number of hydrogen-bond acceptors (Lipinski definition) is 3. The number of nitrogens with zero attached hydrogens (tertiary/aromatic N) is 1. The van der Waals surface area contributed by atoms with Gasteiger partial charge in [0.05, 0.1) is 0 Å². The molecule has 0 radical (unpaired) electrons. The molecule has 0 unspecified atom stereocenters. The Hall–Kier alpha value is -1.52. The van der Waals surface area contributed by atoms with Gasteiger partial charge in [0.2, 0.25) is 0 Å². The van der Waals surface area contributed by atoms with Gasteiger partial charge in [0.1, 0.15) is 0 Å². The van der Waals surface area contributed by atoms with Crippen LogP contribution in [-0.2, 0) is 13.1 Å². The molecule has 1 aromatic carbocycles. The minimum atomic E-state index is 0.0621. The Morgan fingerprint density at radius 2 is 2.11 bits per heavy atom. The van der Waals surface area contributed by atoms with E-state index in [1.165, 1.54) is 10.5 Å². The van der Waals surface area contributed by atoms with Crippen LogP contribution in [-0.4, -0.2) is 17.4 Å². The van der Waals surface area contributed by atoms with Gasteiger partial charge in [0.15, 0.2) is 0 Å². The lowest BCUT2D eigenvalue weighted by molar-refractivity contribution is 0.735. The Morgan fingerprint density at radius 1 is 1.21 bits per heavy atom. The zero-order valence-electron chi connectivity index (χ0n) is 11.0. The van der Waals surface area contributed by atoms with Crippen molar-refractivity contribution in [2.45, 2.75) is 18.0 Å². The highest BCUT2D eigenvalue weighted by molar-refractivity contribution is 7.99. The molecular weight excluding hydrogens is 256 g/mol. The summed E-state index contributed by atoms with van der Waals surface area (Å²) in [7, 11) is 1.95. The highest BCUT2D eigenvalue weighted by atomic mass is 32.2. The second kappa shape index (κ2) is 7.16. The number of pyridine rings is 1. The number of aryl methyl sites for hydroxylation is 1. The van der Waals surface area contributed by atoms with E-state index in [4.69, 9.17) is 0 Å². The lowest BCUT2D eigenvalue weighted by Gasteiger charge is -2.06. The van der Waals surface area contributed by atoms with E-state index in [0.717, 1.165) is 18.8 Å². The minimum absolute atomic E-state index is 0.0621. The van der Waals surface area contributed by atoms with Crippen LogP contribution < -0.4 is 10.9 Å². The maximum Gasteiger partial charge on any atom is 0.250 e. The van der Waals surface area contributed by atoms with Crippen LogP contribution in [0.5, 0.6) is 0 Å². The molecule has 0 amide bonds. The Bertz CT molecular complexity index is 580. The smallest absolute Gasteiger partial charge is 0.250 e. The van der Waals surface area contributed by atoms with Gasteiger partial charge in [-0.1, -0.05) is 18.2 Å². The predicted octanol–water partition coefficient (Wildman–Crippen LogP) is 2.36. The maximum absolute atomic E-state index is 11.5. The molecule has 0 spiro atoms. The van der Waals surface area contributed by atoms with Gasteiger partial charge < -0.3 is 9.88 Å². The van der Waals surface area contributed by atoms with Gasteiger partial charge in [-0.15, -0.1) is 11.8 Å². The van der Waals surface area contributed by atoms with E-state index < -0.39 is 0 Å². The molecule has 19 heavy (non-hydrogen) atoms. The lowest BCUT2D eigenvalue weighted by Crippen LogP contribution is -2.18. The first-order valence-electron chi connectivity index (χ1n) is 6.31. The Labute approximate surface area is 117 Å². The van der Waals surface area contributed by atoms with Gasteiger partial charge >= 0.3 is 0 Å². The first-order valence-corrected chi connectivity index (χ1v) is 7.30. The van der Waals surface area contributed by atoms with Crippen molar-refractivity contribution in [1.82, 2.24) is 9.88 Å². The van der Waals surface area contributed by atoms with Crippen LogP contribution in [0.1, 0.15) is 5.56 Å². The first kappa shape index (κ1) is 13.9. The van der Waals surface area contributed by atoms with Crippen LogP contribution in [0.25, 0.3) is 0 Å². The molecule has 1 heterocycles. The lowest BCUT2D eigenvalue weighted by atomic mass is 10.2. The molecule has 0 bridgehead atoms. The van der Waals surface area contributed by atoms with E-state index in [9.17, 15) is 4.79 Å². The van der Waals surface area contributed by atoms with Crippen molar-refractivity contribution < 1.29 is 0 Å². The van der Waals surface area contributed by atoms with Crippen molar-refractivity contribution in [3.8, 4) is 0 Å². The van der Waals surface area contributed by atoms with Crippen LogP contribution in [0, 0.1) is 0 Å². The van der Waals surface area contributed by atoms with Gasteiger partial charge in [-0.2, -0.15) is 0 Å². The van der Waals surface area contributed by atoms with E-state index in [1.54, 1.807) is 28.5 Å². The molecule has 0 aliphatic rings. The van der Waals surface area contributed by atoms with Gasteiger partial charge in [-0.05, 0) is 30.8 Å². The van der Waals surface area contributed by atoms with Crippen molar-refractivity contribution in [1.29, 1.82) is 0 Å². The normalized spacial score (nSPS) is 10.6. The van der Waals surface area contributed by atoms with Gasteiger partial charge in [0, 0.05) is 36.0 Å². The predicted molar refractivity (Wildman–Crippen MR) is 80.6 cm³/mol. The number of hydrogen-bond donors (Lipinski definition) is 1. The third-order valence-electron chi connectivity index (χ3n) is 2.78. The quantitative estimate of drug-likeness (QED) is 0.821. The topological polar surface area (TPSA) is 34.0 Å². The minimum Gasteiger partial charge on any atom is -0.316 e. The second-order valence-electron chi connectivity index (χ2n) is 4.26. The molecule has 0 saturated heterocycles. The van der Waals surface area contributed by atoms with E-state index in [-0.39, 0.29) is 5.56 Å². The Kier molecular flexibility index (Phi) is 5.24. The van der Waals surface area contributed by atoms with Crippen molar-refractivity contribution in [3.05, 3.63) is 64.6 Å². The van der Waals surface area contributed by atoms with Crippen LogP contribution in [0.2, 0.25) is 0 Å². The van der Waals surface area contributed by atoms with Gasteiger partial charge in [-0.25, -0.2) is 0 Å². The number of rotatable bonds is 6. The summed E-state index contributed by atoms with van der Waals surface area (Å²) in [4.78, 5) is 12.8. The summed E-state index contributed by atoms with van der Waals surface area (Å²) in [5.41, 5.74) is 1.34. The molecule has 0 aliphatic heterocycles. The van der Waals surface area contributed by atoms with E-state index >= 15 is 0 Å². The molecule has 1 aromatic heterocycles. The Morgan fingerprint density at radius 3 is 2.89 bits per heavy atom. The summed E-state index contributed by atoms with van der Waals surface area (Å²) in [6, 6.07) is 13.7. The largest absolute Gasteiger partial charge is 0.316 e. The fraction of sp³-hybridized carbons (Fsp3) is 0.267. The van der Waals surface area contributed by atoms with Crippen LogP contribution in [0.15, 0.2) is 58.4 Å². The molecule has 0 saturated carbocycles. The zero-order chi connectivity index (χ0) is 13.5. The average Bonchev–Trinajstić information content (AvgIpc) is 2.42. The third kappa shape index (κ3) is 4.26. The summed E-state index contributed by atoms with van der Waals surface area (Å²) in [5.74, 6) is 0.896. The van der Waals surface area contributed by atoms with E-state index in [0.29, 0.717) is 0 Å². The summed E-state index contributed by atoms with van der Waals surface area (Å²) < 4.78 is 1.74. The fourth-order valence-electron chi connectivity index (χ4n) is 1.86. The molecule has 3 nitrogen and oxygen atoms in total. The second-order valence-corrected chi connectivity index (χ2v) is 5.43. The third-order valence-corrected chi connectivity index (χ3v) is 3.75. The summed E-state index contributed by atoms with van der Waals surface area (Å²) in [6.45, 7) is 1.62. The number of benzene rings is 1. The standard InChI is InChI=1S/C15H18N2OS/c1-16-12-13-5-4-6-14(11-13)19-10-9-17-8-3-2-7-15(17)18/h2-8,11,16H,9-10,12H2,1H3. The molecule has 2 aromatic rings. The zero-order valence-corrected chi connectivity index (χ0v) is 11.8. The van der Waals surface area contributed by atoms with Crippen molar-refractivity contribution >= 4 is 11.8 Å². The summed E-state index contributed by atoms with van der Waals surface area (Å²) in [6.07, 6.45) is 1.83. The molecule has 0 fully saturated rings. The van der Waals surface area contributed by atoms with Crippen LogP contribution in [0.4, 0.5) is 0 Å². The van der Waals surface area contributed by atoms with Gasteiger partial charge in [-0.3, -0.25) is 4.79 Å². The van der Waals surface area contributed by atoms with Gasteiger partial charge in [0.25, 0.3) is 5.56 Å². The summed E-state index contributed by atoms with van der Waals surface area (Å²) >= 11 is 1.78. The highest BCUT2D eigenvalue weighted by Crippen LogP contribution is 2.19. The molecule has 0 aliphatic carbocycles. The highest BCUT2D eigenvalue weighted by Gasteiger charge is 1.98. The number of nitrogens with one attached hydrogen (secondary N) is 1. The van der Waals surface area contributed by atoms with Crippen molar-refractivity contribution in [2.24, 2.45) is 0 Å². The maximum atomic E-state index is 11.5. The van der Waals surface area contributed by atoms with E-state index in [1.807, 2.05) is 19.3 Å². The molecular formula is C15H18N2OS. The number of aromatic nitrogens is 1. The molecule has 2 rings (SSSR count). The molecule has 0 atom stereocenters. The van der Waals surface area contributed by atoms with Crippen molar-refractivity contribution in [3.63, 3.8) is 0 Å². The van der Waals surface area contributed by atoms with Crippen molar-refractivity contribution in [2.75, 3.05) is 12.8 Å². The first-order chi connectivity index (χ1) is 9.29. The molecule has 4 heteroatoms. The van der Waals surface area contributed by atoms with Crippen LogP contribution >= 0.6 is 11.8 Å². The van der Waals surface area contributed by atoms with Crippen LogP contribution in [0.3, 0.4) is 0 Å². The SMILES string of the molecule is CNCc1cccc(SCCn2ccccc2=O)c1. The number of thioether (sulfide) groups is 1. The Balaban J connectivity index is 1.91. The molecule has 1 N–H and O–H groups in total. The fourth-order valence-corrected chi connectivity index (χ4v) is 2.79. The van der Waals surface area contributed by atoms with E-state index in [2.05, 4.69) is 29.6 Å². The summed E-state index contributed by atoms with van der Waals surface area (Å²) in [5, 5.41) is 3.15. The monoisotopic (exact) mass is 274 g/mol. The average molecular weight is 274 g/mol. The molecule has 100 valence electrons.